The second-order valence-electron chi connectivity index (χ2n) is 6.93. The maximum absolute atomic E-state index is 12.4. The van der Waals surface area contributed by atoms with Crippen molar-refractivity contribution in [2.45, 2.75) is 69.6 Å². The van der Waals surface area contributed by atoms with Crippen molar-refractivity contribution in [3.8, 4) is 0 Å². The van der Waals surface area contributed by atoms with Gasteiger partial charge in [0.25, 0.3) is 0 Å². The molecule has 4 nitrogen and oxygen atoms in total. The molecule has 1 aliphatic rings. The van der Waals surface area contributed by atoms with Crippen molar-refractivity contribution in [2.75, 3.05) is 12.4 Å². The van der Waals surface area contributed by atoms with E-state index in [9.17, 15) is 13.2 Å². The van der Waals surface area contributed by atoms with E-state index in [1.54, 1.807) is 24.3 Å². The molecule has 25 heavy (non-hydrogen) atoms. The van der Waals surface area contributed by atoms with Gasteiger partial charge in [-0.15, -0.1) is 0 Å². The summed E-state index contributed by atoms with van der Waals surface area (Å²) in [4.78, 5) is 12.8. The maximum atomic E-state index is 12.4. The molecule has 5 heteroatoms. The summed E-state index contributed by atoms with van der Waals surface area (Å²) in [7, 11) is -3.23. The SMILES string of the molecule is CCCCS(=O)(=O)c1ccc(C(CC2CCCC2)C(=O)OCC)cc1. The average Bonchev–Trinajstić information content (AvgIpc) is 3.11. The van der Waals surface area contributed by atoms with Crippen LogP contribution in [0.25, 0.3) is 0 Å². The molecule has 0 heterocycles. The van der Waals surface area contributed by atoms with Gasteiger partial charge in [-0.25, -0.2) is 8.42 Å². The largest absolute Gasteiger partial charge is 0.466 e. The van der Waals surface area contributed by atoms with Gasteiger partial charge in [0.2, 0.25) is 0 Å². The summed E-state index contributed by atoms with van der Waals surface area (Å²) in [5.41, 5.74) is 0.861. The quantitative estimate of drug-likeness (QED) is 0.604. The van der Waals surface area contributed by atoms with Gasteiger partial charge >= 0.3 is 5.97 Å². The van der Waals surface area contributed by atoms with Crippen LogP contribution >= 0.6 is 0 Å². The van der Waals surface area contributed by atoms with E-state index < -0.39 is 9.84 Å². The lowest BCUT2D eigenvalue weighted by atomic mass is 9.88. The van der Waals surface area contributed by atoms with E-state index in [0.717, 1.165) is 18.4 Å². The van der Waals surface area contributed by atoms with Gasteiger partial charge in [-0.3, -0.25) is 4.79 Å². The van der Waals surface area contributed by atoms with Crippen LogP contribution in [0.15, 0.2) is 29.2 Å². The Hall–Kier alpha value is -1.36. The Morgan fingerprint density at radius 1 is 1.16 bits per heavy atom. The minimum absolute atomic E-state index is 0.173. The van der Waals surface area contributed by atoms with Crippen LogP contribution in [-0.2, 0) is 19.4 Å². The van der Waals surface area contributed by atoms with E-state index in [0.29, 0.717) is 23.8 Å². The topological polar surface area (TPSA) is 60.4 Å². The number of sulfone groups is 1. The van der Waals surface area contributed by atoms with E-state index in [1.165, 1.54) is 25.7 Å². The normalized spacial score (nSPS) is 16.7. The van der Waals surface area contributed by atoms with Crippen LogP contribution in [0.2, 0.25) is 0 Å². The summed E-state index contributed by atoms with van der Waals surface area (Å²) in [6.07, 6.45) is 7.10. The fourth-order valence-electron chi connectivity index (χ4n) is 3.55. The second kappa shape index (κ2) is 9.37. The Balaban J connectivity index is 2.17. The molecule has 0 bridgehead atoms. The van der Waals surface area contributed by atoms with E-state index in [-0.39, 0.29) is 17.6 Å². The zero-order valence-electron chi connectivity index (χ0n) is 15.4. The Morgan fingerprint density at radius 3 is 2.36 bits per heavy atom. The monoisotopic (exact) mass is 366 g/mol. The third-order valence-corrected chi connectivity index (χ3v) is 6.84. The smallest absolute Gasteiger partial charge is 0.313 e. The molecule has 140 valence electrons. The first-order valence-corrected chi connectivity index (χ1v) is 11.1. The Bertz CT molecular complexity index is 643. The molecule has 1 saturated carbocycles. The number of hydrogen-bond acceptors (Lipinski definition) is 4. The van der Waals surface area contributed by atoms with Crippen LogP contribution < -0.4 is 0 Å². The van der Waals surface area contributed by atoms with Crippen LogP contribution in [0, 0.1) is 5.92 Å². The Kier molecular flexibility index (Phi) is 7.48. The lowest BCUT2D eigenvalue weighted by molar-refractivity contribution is -0.145. The lowest BCUT2D eigenvalue weighted by Crippen LogP contribution is -2.19. The summed E-state index contributed by atoms with van der Waals surface area (Å²) < 4.78 is 29.9. The molecule has 0 amide bonds. The van der Waals surface area contributed by atoms with Crippen molar-refractivity contribution in [3.63, 3.8) is 0 Å². The maximum Gasteiger partial charge on any atom is 0.313 e. The zero-order chi connectivity index (χ0) is 18.3. The number of carbonyl (C=O) groups excluding carboxylic acids is 1. The third kappa shape index (κ3) is 5.56. The molecule has 1 aliphatic carbocycles. The van der Waals surface area contributed by atoms with Crippen molar-refractivity contribution >= 4 is 15.8 Å². The summed E-state index contributed by atoms with van der Waals surface area (Å²) in [6, 6.07) is 6.85. The standard InChI is InChI=1S/C20H30O4S/c1-3-5-14-25(22,23)18-12-10-17(11-13-18)19(20(21)24-4-2)15-16-8-6-7-9-16/h10-13,16,19H,3-9,14-15H2,1-2H3. The number of carbonyl (C=O) groups is 1. The predicted molar refractivity (Wildman–Crippen MR) is 99.4 cm³/mol. The molecule has 1 aromatic carbocycles. The van der Waals surface area contributed by atoms with E-state index in [1.807, 2.05) is 13.8 Å². The molecular formula is C20H30O4S. The molecule has 0 spiro atoms. The van der Waals surface area contributed by atoms with Crippen molar-refractivity contribution < 1.29 is 17.9 Å². The molecule has 1 fully saturated rings. The zero-order valence-corrected chi connectivity index (χ0v) is 16.2. The summed E-state index contributed by atoms with van der Waals surface area (Å²) in [6.45, 7) is 4.16. The van der Waals surface area contributed by atoms with E-state index in [2.05, 4.69) is 0 Å². The van der Waals surface area contributed by atoms with Gasteiger partial charge in [0.15, 0.2) is 9.84 Å². The number of benzene rings is 1. The molecule has 1 unspecified atom stereocenters. The molecular weight excluding hydrogens is 336 g/mol. The van der Waals surface area contributed by atoms with Gasteiger partial charge in [0.1, 0.15) is 0 Å². The van der Waals surface area contributed by atoms with Gasteiger partial charge < -0.3 is 4.74 Å². The number of ether oxygens (including phenoxy) is 1. The predicted octanol–water partition coefficient (Wildman–Crippen LogP) is 4.49. The first-order chi connectivity index (χ1) is 12.0. The highest BCUT2D eigenvalue weighted by molar-refractivity contribution is 7.91. The fraction of sp³-hybridized carbons (Fsp3) is 0.650. The van der Waals surface area contributed by atoms with Gasteiger partial charge in [-0.2, -0.15) is 0 Å². The summed E-state index contributed by atoms with van der Waals surface area (Å²) in [5, 5.41) is 0. The molecule has 0 radical (unpaired) electrons. The molecule has 1 atom stereocenters. The van der Waals surface area contributed by atoms with Crippen molar-refractivity contribution in [1.82, 2.24) is 0 Å². The van der Waals surface area contributed by atoms with Crippen molar-refractivity contribution in [1.29, 1.82) is 0 Å². The minimum Gasteiger partial charge on any atom is -0.466 e. The number of esters is 1. The molecule has 0 N–H and O–H groups in total. The van der Waals surface area contributed by atoms with Gasteiger partial charge in [0, 0.05) is 0 Å². The highest BCUT2D eigenvalue weighted by atomic mass is 32.2. The molecule has 0 saturated heterocycles. The number of rotatable bonds is 9. The highest BCUT2D eigenvalue weighted by Gasteiger charge is 2.28. The molecule has 1 aromatic rings. The summed E-state index contributed by atoms with van der Waals surface area (Å²) in [5.74, 6) is 0.237. The third-order valence-electron chi connectivity index (χ3n) is 5.02. The van der Waals surface area contributed by atoms with Gasteiger partial charge in [-0.1, -0.05) is 51.2 Å². The van der Waals surface area contributed by atoms with Crippen LogP contribution in [0.4, 0.5) is 0 Å². The number of unbranched alkanes of at least 4 members (excludes halogenated alkanes) is 1. The van der Waals surface area contributed by atoms with E-state index in [4.69, 9.17) is 4.74 Å². The Morgan fingerprint density at radius 2 is 1.80 bits per heavy atom. The average molecular weight is 367 g/mol. The van der Waals surface area contributed by atoms with Crippen molar-refractivity contribution in [2.24, 2.45) is 5.92 Å². The first-order valence-electron chi connectivity index (χ1n) is 9.47. The fourth-order valence-corrected chi connectivity index (χ4v) is 5.01. The molecule has 2 rings (SSSR count). The number of hydrogen-bond donors (Lipinski definition) is 0. The van der Waals surface area contributed by atoms with E-state index >= 15 is 0 Å². The highest BCUT2D eigenvalue weighted by Crippen LogP contribution is 2.35. The second-order valence-corrected chi connectivity index (χ2v) is 9.04. The Labute approximate surface area is 151 Å². The van der Waals surface area contributed by atoms with Crippen LogP contribution in [-0.4, -0.2) is 26.7 Å². The lowest BCUT2D eigenvalue weighted by Gasteiger charge is -2.20. The van der Waals surface area contributed by atoms with Crippen LogP contribution in [0.3, 0.4) is 0 Å². The molecule has 0 aliphatic heterocycles. The minimum atomic E-state index is -3.23. The first kappa shape index (κ1) is 20.0. The molecule has 0 aromatic heterocycles. The van der Waals surface area contributed by atoms with Gasteiger partial charge in [-0.05, 0) is 43.4 Å². The van der Waals surface area contributed by atoms with Crippen molar-refractivity contribution in [3.05, 3.63) is 29.8 Å². The van der Waals surface area contributed by atoms with Crippen LogP contribution in [0.1, 0.15) is 70.3 Å². The van der Waals surface area contributed by atoms with Gasteiger partial charge in [0.05, 0.1) is 23.2 Å². The van der Waals surface area contributed by atoms with Crippen LogP contribution in [0.5, 0.6) is 0 Å². The summed E-state index contributed by atoms with van der Waals surface area (Å²) >= 11 is 0.